The average molecular weight is 239 g/mol. The highest BCUT2D eigenvalue weighted by molar-refractivity contribution is 7.11. The van der Waals surface area contributed by atoms with E-state index >= 15 is 0 Å². The number of anilines is 1. The molecule has 15 heavy (non-hydrogen) atoms. The van der Waals surface area contributed by atoms with Crippen LogP contribution in [0.1, 0.15) is 22.5 Å². The molecular weight excluding hydrogens is 226 g/mol. The fourth-order valence-corrected chi connectivity index (χ4v) is 2.70. The second-order valence-electron chi connectivity index (χ2n) is 3.24. The molecule has 0 atom stereocenters. The zero-order valence-electron chi connectivity index (χ0n) is 8.78. The van der Waals surface area contributed by atoms with Crippen LogP contribution in [0.3, 0.4) is 0 Å². The van der Waals surface area contributed by atoms with Crippen molar-refractivity contribution >= 4 is 28.6 Å². The number of aryl methyl sites for hydroxylation is 2. The molecule has 0 fully saturated rings. The van der Waals surface area contributed by atoms with Gasteiger partial charge in [0, 0.05) is 16.5 Å². The highest BCUT2D eigenvalue weighted by atomic mass is 32.1. The molecule has 0 aromatic carbocycles. The van der Waals surface area contributed by atoms with Crippen LogP contribution >= 0.6 is 22.9 Å². The lowest BCUT2D eigenvalue weighted by molar-refractivity contribution is 1.09. The Balaban J connectivity index is 1.96. The first-order chi connectivity index (χ1) is 7.29. The molecule has 0 bridgehead atoms. The third-order valence-electron chi connectivity index (χ3n) is 2.13. The smallest absolute Gasteiger partial charge is 0.112 e. The molecule has 0 saturated carbocycles. The monoisotopic (exact) mass is 239 g/mol. The summed E-state index contributed by atoms with van der Waals surface area (Å²) >= 11 is 3.25. The Hall–Kier alpha value is -0.940. The second-order valence-corrected chi connectivity index (χ2v) is 5.07. The topological polar surface area (TPSA) is 37.8 Å². The van der Waals surface area contributed by atoms with Gasteiger partial charge in [0.25, 0.3) is 0 Å². The van der Waals surface area contributed by atoms with Crippen molar-refractivity contribution in [3.8, 4) is 0 Å². The van der Waals surface area contributed by atoms with Crippen LogP contribution in [-0.4, -0.2) is 9.36 Å². The van der Waals surface area contributed by atoms with Crippen molar-refractivity contribution in [3.63, 3.8) is 0 Å². The van der Waals surface area contributed by atoms with E-state index in [9.17, 15) is 0 Å². The molecule has 0 unspecified atom stereocenters. The van der Waals surface area contributed by atoms with E-state index in [1.54, 1.807) is 11.3 Å². The molecule has 0 spiro atoms. The molecule has 3 nitrogen and oxygen atoms in total. The largest absolute Gasteiger partial charge is 0.376 e. The molecule has 0 aliphatic rings. The van der Waals surface area contributed by atoms with Gasteiger partial charge < -0.3 is 5.32 Å². The molecule has 0 aliphatic carbocycles. The highest BCUT2D eigenvalue weighted by Crippen LogP contribution is 2.18. The Kier molecular flexibility index (Phi) is 3.33. The van der Waals surface area contributed by atoms with Gasteiger partial charge in [0.1, 0.15) is 5.01 Å². The quantitative estimate of drug-likeness (QED) is 0.891. The molecule has 5 heteroatoms. The molecule has 0 saturated heterocycles. The number of nitrogens with one attached hydrogen (secondary N) is 1. The summed E-state index contributed by atoms with van der Waals surface area (Å²) in [5.41, 5.74) is 2.18. The van der Waals surface area contributed by atoms with Gasteiger partial charge in [-0.1, -0.05) is 6.92 Å². The van der Waals surface area contributed by atoms with Gasteiger partial charge in [-0.15, -0.1) is 11.3 Å². The van der Waals surface area contributed by atoms with E-state index in [0.717, 1.165) is 29.4 Å². The maximum absolute atomic E-state index is 4.36. The lowest BCUT2D eigenvalue weighted by Crippen LogP contribution is -1.98. The Morgan fingerprint density at radius 2 is 2.33 bits per heavy atom. The van der Waals surface area contributed by atoms with Crippen LogP contribution in [0, 0.1) is 6.92 Å². The molecular formula is C10H13N3S2. The van der Waals surface area contributed by atoms with Crippen LogP contribution in [0.25, 0.3) is 0 Å². The van der Waals surface area contributed by atoms with Gasteiger partial charge in [-0.25, -0.2) is 4.98 Å². The van der Waals surface area contributed by atoms with E-state index in [0.29, 0.717) is 0 Å². The zero-order valence-corrected chi connectivity index (χ0v) is 10.4. The maximum Gasteiger partial charge on any atom is 0.112 e. The second kappa shape index (κ2) is 4.72. The lowest BCUT2D eigenvalue weighted by Gasteiger charge is -2.00. The zero-order chi connectivity index (χ0) is 10.7. The fraction of sp³-hybridized carbons (Fsp3) is 0.400. The van der Waals surface area contributed by atoms with Crippen molar-refractivity contribution in [1.29, 1.82) is 0 Å². The Bertz CT molecular complexity index is 433. The summed E-state index contributed by atoms with van der Waals surface area (Å²) in [4.78, 5) is 5.69. The molecule has 1 N–H and O–H groups in total. The normalized spacial score (nSPS) is 10.5. The minimum atomic E-state index is 0.796. The van der Waals surface area contributed by atoms with Crippen LogP contribution in [0.2, 0.25) is 0 Å². The van der Waals surface area contributed by atoms with Crippen LogP contribution < -0.4 is 5.32 Å². The van der Waals surface area contributed by atoms with E-state index in [-0.39, 0.29) is 0 Å². The average Bonchev–Trinajstić information content (AvgIpc) is 2.84. The SMILES string of the molecule is CCc1cnc(CNc2csnc2C)s1. The van der Waals surface area contributed by atoms with Crippen molar-refractivity contribution in [2.75, 3.05) is 5.32 Å². The van der Waals surface area contributed by atoms with Gasteiger partial charge >= 0.3 is 0 Å². The van der Waals surface area contributed by atoms with Crippen LogP contribution in [0.5, 0.6) is 0 Å². The minimum absolute atomic E-state index is 0.796. The molecule has 0 radical (unpaired) electrons. The van der Waals surface area contributed by atoms with Gasteiger partial charge in [0.05, 0.1) is 17.9 Å². The third kappa shape index (κ3) is 2.54. The van der Waals surface area contributed by atoms with E-state index in [2.05, 4.69) is 21.6 Å². The Morgan fingerprint density at radius 3 is 2.93 bits per heavy atom. The summed E-state index contributed by atoms with van der Waals surface area (Å²) in [5.74, 6) is 0. The Labute approximate surface area is 97.4 Å². The molecule has 2 aromatic rings. The first kappa shape index (κ1) is 10.6. The van der Waals surface area contributed by atoms with Gasteiger partial charge in [-0.3, -0.25) is 0 Å². The third-order valence-corrected chi connectivity index (χ3v) is 3.99. The predicted molar refractivity (Wildman–Crippen MR) is 65.7 cm³/mol. The first-order valence-corrected chi connectivity index (χ1v) is 6.53. The number of hydrogen-bond acceptors (Lipinski definition) is 5. The van der Waals surface area contributed by atoms with Crippen LogP contribution in [0.4, 0.5) is 5.69 Å². The number of nitrogens with zero attached hydrogens (tertiary/aromatic N) is 2. The number of aromatic nitrogens is 2. The van der Waals surface area contributed by atoms with Crippen molar-refractivity contribution in [2.24, 2.45) is 0 Å². The summed E-state index contributed by atoms with van der Waals surface area (Å²) < 4.78 is 4.21. The standard InChI is InChI=1S/C10H13N3S2/c1-3-8-4-12-10(15-8)5-11-9-6-14-13-7(9)2/h4,6,11H,3,5H2,1-2H3. The fourth-order valence-electron chi connectivity index (χ4n) is 1.23. The van der Waals surface area contributed by atoms with Crippen molar-refractivity contribution < 1.29 is 0 Å². The van der Waals surface area contributed by atoms with Gasteiger partial charge in [-0.05, 0) is 24.9 Å². The molecule has 2 aromatic heterocycles. The first-order valence-electron chi connectivity index (χ1n) is 4.88. The predicted octanol–water partition coefficient (Wildman–Crippen LogP) is 3.08. The number of rotatable bonds is 4. The minimum Gasteiger partial charge on any atom is -0.376 e. The van der Waals surface area contributed by atoms with E-state index in [4.69, 9.17) is 0 Å². The maximum atomic E-state index is 4.36. The summed E-state index contributed by atoms with van der Waals surface area (Å²) in [5, 5.41) is 6.51. The van der Waals surface area contributed by atoms with Crippen molar-refractivity contribution in [1.82, 2.24) is 9.36 Å². The van der Waals surface area contributed by atoms with E-state index in [1.807, 2.05) is 18.5 Å². The Morgan fingerprint density at radius 1 is 1.47 bits per heavy atom. The molecule has 80 valence electrons. The molecule has 0 amide bonds. The van der Waals surface area contributed by atoms with Gasteiger partial charge in [0.15, 0.2) is 0 Å². The summed E-state index contributed by atoms with van der Waals surface area (Å²) in [6.07, 6.45) is 3.02. The summed E-state index contributed by atoms with van der Waals surface area (Å²) in [6.45, 7) is 4.96. The van der Waals surface area contributed by atoms with Crippen LogP contribution in [-0.2, 0) is 13.0 Å². The van der Waals surface area contributed by atoms with Gasteiger partial charge in [-0.2, -0.15) is 4.37 Å². The van der Waals surface area contributed by atoms with E-state index in [1.165, 1.54) is 16.4 Å². The summed E-state index contributed by atoms with van der Waals surface area (Å²) in [6, 6.07) is 0. The molecule has 2 heterocycles. The summed E-state index contributed by atoms with van der Waals surface area (Å²) in [7, 11) is 0. The van der Waals surface area contributed by atoms with E-state index < -0.39 is 0 Å². The van der Waals surface area contributed by atoms with Gasteiger partial charge in [0.2, 0.25) is 0 Å². The number of hydrogen-bond donors (Lipinski definition) is 1. The highest BCUT2D eigenvalue weighted by Gasteiger charge is 2.03. The molecule has 2 rings (SSSR count). The van der Waals surface area contributed by atoms with Crippen molar-refractivity contribution in [3.05, 3.63) is 27.2 Å². The van der Waals surface area contributed by atoms with Crippen molar-refractivity contribution in [2.45, 2.75) is 26.8 Å². The molecule has 0 aliphatic heterocycles. The van der Waals surface area contributed by atoms with Crippen LogP contribution in [0.15, 0.2) is 11.6 Å². The number of thiazole rings is 1. The lowest BCUT2D eigenvalue weighted by atomic mass is 10.4.